The third-order valence-corrected chi connectivity index (χ3v) is 3.82. The summed E-state index contributed by atoms with van der Waals surface area (Å²) in [6.07, 6.45) is 1.60. The molecule has 1 unspecified atom stereocenters. The second-order valence-corrected chi connectivity index (χ2v) is 6.92. The van der Waals surface area contributed by atoms with E-state index >= 15 is 0 Å². The van der Waals surface area contributed by atoms with E-state index in [0.29, 0.717) is 16.5 Å². The van der Waals surface area contributed by atoms with Gasteiger partial charge in [-0.2, -0.15) is 0 Å². The molecule has 3 N–H and O–H groups in total. The summed E-state index contributed by atoms with van der Waals surface area (Å²) in [5.74, 6) is 5.28. The van der Waals surface area contributed by atoms with Gasteiger partial charge in [-0.25, -0.2) is 8.42 Å². The van der Waals surface area contributed by atoms with Gasteiger partial charge >= 0.3 is 0 Å². The molecule has 0 radical (unpaired) electrons. The van der Waals surface area contributed by atoms with Gasteiger partial charge in [0.15, 0.2) is 0 Å². The van der Waals surface area contributed by atoms with Gasteiger partial charge in [0.05, 0.1) is 5.75 Å². The summed E-state index contributed by atoms with van der Waals surface area (Å²) in [4.78, 5) is 0. The first-order chi connectivity index (χ1) is 7.81. The number of sulfone groups is 1. The molecular weight excluding hydrogens is 283 g/mol. The Morgan fingerprint density at radius 2 is 2.06 bits per heavy atom. The highest BCUT2D eigenvalue weighted by Gasteiger charge is 2.15. The van der Waals surface area contributed by atoms with E-state index in [9.17, 15) is 8.42 Å². The second kappa shape index (κ2) is 6.02. The molecular formula is C10H14Cl2N2O2S. The van der Waals surface area contributed by atoms with Crippen LogP contribution >= 0.6 is 23.2 Å². The molecule has 1 rings (SSSR count). The Labute approximate surface area is 111 Å². The van der Waals surface area contributed by atoms with Crippen LogP contribution in [-0.4, -0.2) is 26.5 Å². The molecule has 0 saturated heterocycles. The van der Waals surface area contributed by atoms with Crippen molar-refractivity contribution >= 4 is 33.0 Å². The molecule has 7 heteroatoms. The lowest BCUT2D eigenvalue weighted by Crippen LogP contribution is -2.41. The molecule has 0 fully saturated rings. The summed E-state index contributed by atoms with van der Waals surface area (Å²) < 4.78 is 22.4. The van der Waals surface area contributed by atoms with E-state index < -0.39 is 9.84 Å². The van der Waals surface area contributed by atoms with Crippen LogP contribution in [0.25, 0.3) is 0 Å². The number of rotatable bonds is 5. The minimum absolute atomic E-state index is 0.0392. The average molecular weight is 297 g/mol. The fourth-order valence-electron chi connectivity index (χ4n) is 1.48. The Bertz CT molecular complexity index is 491. The fourth-order valence-corrected chi connectivity index (χ4v) is 2.91. The predicted molar refractivity (Wildman–Crippen MR) is 71.0 cm³/mol. The number of nitrogens with one attached hydrogen (secondary N) is 1. The summed E-state index contributed by atoms with van der Waals surface area (Å²) in [6, 6.07) is 4.71. The molecule has 1 atom stereocenters. The minimum atomic E-state index is -3.09. The van der Waals surface area contributed by atoms with Gasteiger partial charge in [-0.15, -0.1) is 0 Å². The molecule has 0 aliphatic heterocycles. The van der Waals surface area contributed by atoms with E-state index in [0.717, 1.165) is 5.56 Å². The molecule has 0 aliphatic carbocycles. The van der Waals surface area contributed by atoms with E-state index in [2.05, 4.69) is 5.43 Å². The number of hydrazine groups is 1. The van der Waals surface area contributed by atoms with Crippen molar-refractivity contribution in [3.05, 3.63) is 33.8 Å². The monoisotopic (exact) mass is 296 g/mol. The van der Waals surface area contributed by atoms with Crippen LogP contribution in [0.5, 0.6) is 0 Å². The lowest BCUT2D eigenvalue weighted by molar-refractivity contribution is 0.546. The maximum Gasteiger partial charge on any atom is 0.149 e. The highest BCUT2D eigenvalue weighted by Crippen LogP contribution is 2.22. The Balaban J connectivity index is 2.81. The Morgan fingerprint density at radius 1 is 1.41 bits per heavy atom. The first kappa shape index (κ1) is 14.7. The number of halogens is 2. The van der Waals surface area contributed by atoms with E-state index in [1.165, 1.54) is 6.26 Å². The van der Waals surface area contributed by atoms with Crippen LogP contribution in [0.15, 0.2) is 18.2 Å². The third kappa shape index (κ3) is 5.23. The maximum atomic E-state index is 11.2. The third-order valence-electron chi connectivity index (χ3n) is 2.22. The molecule has 0 amide bonds. The van der Waals surface area contributed by atoms with E-state index in [4.69, 9.17) is 29.0 Å². The highest BCUT2D eigenvalue weighted by atomic mass is 35.5. The zero-order chi connectivity index (χ0) is 13.1. The van der Waals surface area contributed by atoms with Crippen LogP contribution in [0, 0.1) is 0 Å². The Hall–Kier alpha value is -0.330. The number of hydrogen-bond acceptors (Lipinski definition) is 4. The molecule has 1 aromatic rings. The van der Waals surface area contributed by atoms with Crippen LogP contribution in [0.4, 0.5) is 0 Å². The molecule has 0 bridgehead atoms. The van der Waals surface area contributed by atoms with Gasteiger partial charge in [-0.1, -0.05) is 29.3 Å². The van der Waals surface area contributed by atoms with Crippen molar-refractivity contribution in [2.45, 2.75) is 12.5 Å². The Morgan fingerprint density at radius 3 is 2.53 bits per heavy atom. The van der Waals surface area contributed by atoms with Crippen molar-refractivity contribution < 1.29 is 8.42 Å². The molecule has 0 aromatic heterocycles. The van der Waals surface area contributed by atoms with Crippen LogP contribution in [0.3, 0.4) is 0 Å². The van der Waals surface area contributed by atoms with E-state index in [-0.39, 0.29) is 11.8 Å². The summed E-state index contributed by atoms with van der Waals surface area (Å²) in [6.45, 7) is 0. The van der Waals surface area contributed by atoms with E-state index in [1.54, 1.807) is 18.2 Å². The fraction of sp³-hybridized carbons (Fsp3) is 0.400. The topological polar surface area (TPSA) is 72.2 Å². The second-order valence-electron chi connectivity index (χ2n) is 3.90. The van der Waals surface area contributed by atoms with Crippen molar-refractivity contribution in [3.8, 4) is 0 Å². The van der Waals surface area contributed by atoms with Crippen molar-refractivity contribution in [2.24, 2.45) is 5.84 Å². The van der Waals surface area contributed by atoms with Crippen molar-refractivity contribution in [1.29, 1.82) is 0 Å². The normalized spacial score (nSPS) is 13.6. The van der Waals surface area contributed by atoms with Crippen LogP contribution in [-0.2, 0) is 16.3 Å². The molecule has 0 aliphatic rings. The lowest BCUT2D eigenvalue weighted by atomic mass is 10.1. The molecule has 17 heavy (non-hydrogen) atoms. The lowest BCUT2D eigenvalue weighted by Gasteiger charge is -2.15. The summed E-state index contributed by atoms with van der Waals surface area (Å²) in [5, 5.41) is 1.05. The minimum Gasteiger partial charge on any atom is -0.271 e. The van der Waals surface area contributed by atoms with Crippen LogP contribution in [0.1, 0.15) is 5.56 Å². The molecule has 1 aromatic carbocycles. The van der Waals surface area contributed by atoms with Gasteiger partial charge in [0.1, 0.15) is 9.84 Å². The first-order valence-electron chi connectivity index (χ1n) is 4.89. The summed E-state index contributed by atoms with van der Waals surface area (Å²) in [7, 11) is -3.09. The summed E-state index contributed by atoms with van der Waals surface area (Å²) >= 11 is 11.8. The van der Waals surface area contributed by atoms with Gasteiger partial charge in [0.2, 0.25) is 0 Å². The quantitative estimate of drug-likeness (QED) is 0.637. The largest absolute Gasteiger partial charge is 0.271 e. The van der Waals surface area contributed by atoms with Crippen LogP contribution < -0.4 is 11.3 Å². The maximum absolute atomic E-state index is 11.2. The number of benzene rings is 1. The number of nitrogens with two attached hydrogens (primary N) is 1. The van der Waals surface area contributed by atoms with E-state index in [1.807, 2.05) is 0 Å². The van der Waals surface area contributed by atoms with Crippen molar-refractivity contribution in [2.75, 3.05) is 12.0 Å². The Kier molecular flexibility index (Phi) is 5.22. The average Bonchev–Trinajstić information content (AvgIpc) is 2.19. The predicted octanol–water partition coefficient (Wildman–Crippen LogP) is 1.41. The van der Waals surface area contributed by atoms with Gasteiger partial charge in [-0.05, 0) is 24.1 Å². The smallest absolute Gasteiger partial charge is 0.149 e. The summed E-state index contributed by atoms with van der Waals surface area (Å²) in [5.41, 5.74) is 3.29. The van der Waals surface area contributed by atoms with Gasteiger partial charge in [0, 0.05) is 22.3 Å². The molecule has 0 spiro atoms. The SMILES string of the molecule is CS(=O)(=O)CC(Cc1ccc(Cl)cc1Cl)NN. The standard InChI is InChI=1S/C10H14Cl2N2O2S/c1-17(15,16)6-9(14-13)4-7-2-3-8(11)5-10(7)12/h2-3,5,9,14H,4,6,13H2,1H3. The molecule has 4 nitrogen and oxygen atoms in total. The number of hydrogen-bond donors (Lipinski definition) is 2. The van der Waals surface area contributed by atoms with Gasteiger partial charge < -0.3 is 0 Å². The molecule has 96 valence electrons. The highest BCUT2D eigenvalue weighted by molar-refractivity contribution is 7.90. The molecule has 0 heterocycles. The van der Waals surface area contributed by atoms with Crippen molar-refractivity contribution in [3.63, 3.8) is 0 Å². The first-order valence-corrected chi connectivity index (χ1v) is 7.71. The van der Waals surface area contributed by atoms with Crippen molar-refractivity contribution in [1.82, 2.24) is 5.43 Å². The van der Waals surface area contributed by atoms with Gasteiger partial charge in [-0.3, -0.25) is 11.3 Å². The zero-order valence-corrected chi connectivity index (χ0v) is 11.6. The van der Waals surface area contributed by atoms with Gasteiger partial charge in [0.25, 0.3) is 0 Å². The zero-order valence-electron chi connectivity index (χ0n) is 9.28. The van der Waals surface area contributed by atoms with Crippen LogP contribution in [0.2, 0.25) is 10.0 Å². The molecule has 0 saturated carbocycles.